The smallest absolute Gasteiger partial charge is 0.246 e. The third-order valence-corrected chi connectivity index (χ3v) is 6.44. The fourth-order valence-electron chi connectivity index (χ4n) is 3.03. The number of hydrogen-bond acceptors (Lipinski definition) is 5. The Kier molecular flexibility index (Phi) is 6.28. The molecule has 1 aliphatic rings. The van der Waals surface area contributed by atoms with Crippen LogP contribution in [0, 0.1) is 5.82 Å². The van der Waals surface area contributed by atoms with Crippen molar-refractivity contribution in [3.8, 4) is 5.75 Å². The highest BCUT2D eigenvalue weighted by Gasteiger charge is 2.30. The number of methoxy groups -OCH3 is 1. The molecular weight excluding hydrogens is 385 g/mol. The van der Waals surface area contributed by atoms with Crippen molar-refractivity contribution >= 4 is 21.6 Å². The van der Waals surface area contributed by atoms with Gasteiger partial charge in [-0.1, -0.05) is 18.2 Å². The number of halogens is 1. The van der Waals surface area contributed by atoms with Crippen molar-refractivity contribution in [3.05, 3.63) is 54.3 Å². The number of hydrogen-bond donors (Lipinski definition) is 1. The van der Waals surface area contributed by atoms with Crippen LogP contribution in [0.4, 0.5) is 10.1 Å². The first kappa shape index (κ1) is 20.2. The van der Waals surface area contributed by atoms with Crippen LogP contribution in [-0.2, 0) is 14.8 Å². The summed E-state index contributed by atoms with van der Waals surface area (Å²) < 4.78 is 45.5. The van der Waals surface area contributed by atoms with Gasteiger partial charge in [-0.15, -0.1) is 0 Å². The highest BCUT2D eigenvalue weighted by molar-refractivity contribution is 7.89. The minimum atomic E-state index is -3.88. The Morgan fingerprint density at radius 1 is 1.11 bits per heavy atom. The predicted octanol–water partition coefficient (Wildman–Crippen LogP) is 1.78. The van der Waals surface area contributed by atoms with Crippen LogP contribution in [0.25, 0.3) is 0 Å². The van der Waals surface area contributed by atoms with Gasteiger partial charge in [0.15, 0.2) is 0 Å². The van der Waals surface area contributed by atoms with E-state index in [1.807, 2.05) is 4.90 Å². The maximum absolute atomic E-state index is 13.9. The lowest BCUT2D eigenvalue weighted by Gasteiger charge is -2.33. The molecule has 0 bridgehead atoms. The Hall–Kier alpha value is -2.49. The fourth-order valence-corrected chi connectivity index (χ4v) is 4.51. The quantitative estimate of drug-likeness (QED) is 0.790. The van der Waals surface area contributed by atoms with Gasteiger partial charge in [0.05, 0.1) is 13.7 Å². The number of benzene rings is 2. The van der Waals surface area contributed by atoms with E-state index in [0.717, 1.165) is 6.07 Å². The van der Waals surface area contributed by atoms with Gasteiger partial charge in [0.2, 0.25) is 15.9 Å². The van der Waals surface area contributed by atoms with Gasteiger partial charge >= 0.3 is 0 Å². The largest absolute Gasteiger partial charge is 0.497 e. The van der Waals surface area contributed by atoms with E-state index in [9.17, 15) is 17.6 Å². The molecule has 1 aliphatic heterocycles. The zero-order valence-corrected chi connectivity index (χ0v) is 16.3. The fraction of sp³-hybridized carbons (Fsp3) is 0.316. The molecule has 28 heavy (non-hydrogen) atoms. The number of anilines is 1. The monoisotopic (exact) mass is 407 g/mol. The summed E-state index contributed by atoms with van der Waals surface area (Å²) >= 11 is 0. The first-order chi connectivity index (χ1) is 13.4. The number of amides is 1. The molecule has 9 heteroatoms. The Balaban J connectivity index is 1.55. The van der Waals surface area contributed by atoms with E-state index in [0.29, 0.717) is 24.5 Å². The maximum atomic E-state index is 13.9. The number of sulfonamides is 1. The van der Waals surface area contributed by atoms with Crippen molar-refractivity contribution < 1.29 is 22.3 Å². The number of nitrogens with zero attached hydrogens (tertiary/aromatic N) is 2. The van der Waals surface area contributed by atoms with Gasteiger partial charge < -0.3 is 10.1 Å². The van der Waals surface area contributed by atoms with Crippen molar-refractivity contribution in [2.75, 3.05) is 45.2 Å². The second kappa shape index (κ2) is 8.68. The Labute approximate surface area is 163 Å². The SMILES string of the molecule is COc1cccc(NC(=O)CN2CCN(S(=O)(=O)c3ccccc3F)CC2)c1. The topological polar surface area (TPSA) is 79.0 Å². The number of piperazine rings is 1. The number of ether oxygens (including phenoxy) is 1. The summed E-state index contributed by atoms with van der Waals surface area (Å²) in [7, 11) is -2.33. The molecule has 2 aromatic carbocycles. The average molecular weight is 407 g/mol. The van der Waals surface area contributed by atoms with E-state index < -0.39 is 15.8 Å². The number of rotatable bonds is 6. The summed E-state index contributed by atoms with van der Waals surface area (Å²) in [5, 5.41) is 2.80. The summed E-state index contributed by atoms with van der Waals surface area (Å²) in [6.07, 6.45) is 0. The van der Waals surface area contributed by atoms with Crippen LogP contribution in [-0.4, -0.2) is 63.4 Å². The Morgan fingerprint density at radius 3 is 2.50 bits per heavy atom. The molecule has 0 unspecified atom stereocenters. The van der Waals surface area contributed by atoms with E-state index in [2.05, 4.69) is 5.32 Å². The highest BCUT2D eigenvalue weighted by Crippen LogP contribution is 2.20. The molecule has 0 radical (unpaired) electrons. The van der Waals surface area contributed by atoms with Gasteiger partial charge in [-0.25, -0.2) is 12.8 Å². The summed E-state index contributed by atoms with van der Waals surface area (Å²) in [5.74, 6) is -0.314. The summed E-state index contributed by atoms with van der Waals surface area (Å²) in [6, 6.07) is 12.4. The molecule has 1 amide bonds. The molecule has 0 saturated carbocycles. The molecular formula is C19H22FN3O4S. The van der Waals surface area contributed by atoms with Crippen molar-refractivity contribution in [2.24, 2.45) is 0 Å². The van der Waals surface area contributed by atoms with E-state index in [1.165, 1.54) is 22.5 Å². The first-order valence-corrected chi connectivity index (χ1v) is 10.2. The van der Waals surface area contributed by atoms with Crippen LogP contribution < -0.4 is 10.1 Å². The van der Waals surface area contributed by atoms with Crippen molar-refractivity contribution in [1.29, 1.82) is 0 Å². The lowest BCUT2D eigenvalue weighted by atomic mass is 10.3. The maximum Gasteiger partial charge on any atom is 0.246 e. The summed E-state index contributed by atoms with van der Waals surface area (Å²) in [6.45, 7) is 1.31. The molecule has 0 atom stereocenters. The average Bonchev–Trinajstić information content (AvgIpc) is 2.68. The van der Waals surface area contributed by atoms with Gasteiger partial charge in [-0.3, -0.25) is 9.69 Å². The molecule has 0 spiro atoms. The third-order valence-electron chi connectivity index (χ3n) is 4.51. The zero-order valence-electron chi connectivity index (χ0n) is 15.5. The van der Waals surface area contributed by atoms with E-state index in [1.54, 1.807) is 31.4 Å². The van der Waals surface area contributed by atoms with Crippen LogP contribution in [0.2, 0.25) is 0 Å². The van der Waals surface area contributed by atoms with Gasteiger partial charge in [-0.2, -0.15) is 4.31 Å². The molecule has 7 nitrogen and oxygen atoms in total. The number of carbonyl (C=O) groups excluding carboxylic acids is 1. The van der Waals surface area contributed by atoms with Crippen LogP contribution in [0.5, 0.6) is 5.75 Å². The summed E-state index contributed by atoms with van der Waals surface area (Å²) in [4.78, 5) is 13.8. The predicted molar refractivity (Wildman–Crippen MR) is 103 cm³/mol. The van der Waals surface area contributed by atoms with Crippen molar-refractivity contribution in [2.45, 2.75) is 4.90 Å². The highest BCUT2D eigenvalue weighted by atomic mass is 32.2. The molecule has 1 saturated heterocycles. The summed E-state index contributed by atoms with van der Waals surface area (Å²) in [5.41, 5.74) is 0.630. The molecule has 3 rings (SSSR count). The Morgan fingerprint density at radius 2 is 1.82 bits per heavy atom. The molecule has 1 fully saturated rings. The molecule has 1 N–H and O–H groups in total. The molecule has 0 aliphatic carbocycles. The van der Waals surface area contributed by atoms with E-state index in [4.69, 9.17) is 4.74 Å². The van der Waals surface area contributed by atoms with Crippen molar-refractivity contribution in [1.82, 2.24) is 9.21 Å². The van der Waals surface area contributed by atoms with Gasteiger partial charge in [0, 0.05) is 37.9 Å². The normalized spacial score (nSPS) is 15.9. The molecule has 150 valence electrons. The Bertz CT molecular complexity index is 944. The van der Waals surface area contributed by atoms with Gasteiger partial charge in [0.25, 0.3) is 0 Å². The third kappa shape index (κ3) is 4.67. The lowest BCUT2D eigenvalue weighted by Crippen LogP contribution is -2.50. The number of nitrogens with one attached hydrogen (secondary N) is 1. The minimum absolute atomic E-state index is 0.144. The molecule has 2 aromatic rings. The van der Waals surface area contributed by atoms with Gasteiger partial charge in [0.1, 0.15) is 16.5 Å². The van der Waals surface area contributed by atoms with Crippen LogP contribution in [0.3, 0.4) is 0 Å². The van der Waals surface area contributed by atoms with E-state index >= 15 is 0 Å². The number of carbonyl (C=O) groups is 1. The van der Waals surface area contributed by atoms with Gasteiger partial charge in [-0.05, 0) is 24.3 Å². The van der Waals surface area contributed by atoms with Crippen LogP contribution in [0.15, 0.2) is 53.4 Å². The molecule has 0 aromatic heterocycles. The zero-order chi connectivity index (χ0) is 20.1. The van der Waals surface area contributed by atoms with Crippen molar-refractivity contribution in [3.63, 3.8) is 0 Å². The van der Waals surface area contributed by atoms with E-state index in [-0.39, 0.29) is 30.4 Å². The van der Waals surface area contributed by atoms with Crippen LogP contribution in [0.1, 0.15) is 0 Å². The second-order valence-corrected chi connectivity index (χ2v) is 8.30. The lowest BCUT2D eigenvalue weighted by molar-refractivity contribution is -0.117. The minimum Gasteiger partial charge on any atom is -0.497 e. The molecule has 1 heterocycles. The van der Waals surface area contributed by atoms with Crippen LogP contribution >= 0.6 is 0 Å². The first-order valence-electron chi connectivity index (χ1n) is 8.81. The second-order valence-electron chi connectivity index (χ2n) is 6.39. The standard InChI is InChI=1S/C19H22FN3O4S/c1-27-16-6-4-5-15(13-16)21-19(24)14-22-9-11-23(12-10-22)28(25,26)18-8-3-2-7-17(18)20/h2-8,13H,9-12,14H2,1H3,(H,21,24).